The summed E-state index contributed by atoms with van der Waals surface area (Å²) >= 11 is 0. The summed E-state index contributed by atoms with van der Waals surface area (Å²) in [5.74, 6) is -0.499. The van der Waals surface area contributed by atoms with Crippen molar-refractivity contribution in [2.45, 2.75) is 57.4 Å². The van der Waals surface area contributed by atoms with Crippen molar-refractivity contribution in [3.63, 3.8) is 0 Å². The molecule has 0 spiro atoms. The number of phenolic OH excluding ortho intramolecular Hbond substituents is 1. The number of nitrogens with zero attached hydrogens (tertiary/aromatic N) is 2. The number of nitrogens with one attached hydrogen (secondary N) is 1. The molecular weight excluding hydrogens is 459 g/mol. The summed E-state index contributed by atoms with van der Waals surface area (Å²) < 4.78 is 13.6. The SMILES string of the molecule is NC(=O)CCN(CCc1cccc(F)c1)CCN(CCc1ccc(O)c(NC=O)c1)C1CCCCC1. The van der Waals surface area contributed by atoms with Crippen LogP contribution in [0.3, 0.4) is 0 Å². The molecule has 7 nitrogen and oxygen atoms in total. The van der Waals surface area contributed by atoms with Gasteiger partial charge in [0.25, 0.3) is 0 Å². The molecule has 0 bridgehead atoms. The van der Waals surface area contributed by atoms with E-state index in [9.17, 15) is 19.1 Å². The third-order valence-electron chi connectivity index (χ3n) is 7.04. The van der Waals surface area contributed by atoms with Crippen molar-refractivity contribution in [1.29, 1.82) is 0 Å². The number of anilines is 1. The molecule has 0 saturated heterocycles. The first-order valence-corrected chi connectivity index (χ1v) is 13.0. The Hall–Kier alpha value is -2.97. The summed E-state index contributed by atoms with van der Waals surface area (Å²) in [5, 5.41) is 12.5. The molecule has 36 heavy (non-hydrogen) atoms. The van der Waals surface area contributed by atoms with Crippen LogP contribution in [0.4, 0.5) is 10.1 Å². The van der Waals surface area contributed by atoms with Gasteiger partial charge in [-0.3, -0.25) is 14.5 Å². The van der Waals surface area contributed by atoms with Crippen LogP contribution in [0, 0.1) is 5.82 Å². The number of carbonyl (C=O) groups excluding carboxylic acids is 2. The number of rotatable bonds is 15. The number of carbonyl (C=O) groups is 2. The Bertz CT molecular complexity index is 981. The molecule has 2 aromatic carbocycles. The van der Waals surface area contributed by atoms with Gasteiger partial charge in [0.1, 0.15) is 11.6 Å². The maximum absolute atomic E-state index is 13.6. The zero-order valence-corrected chi connectivity index (χ0v) is 21.0. The van der Waals surface area contributed by atoms with Gasteiger partial charge in [0.2, 0.25) is 12.3 Å². The Morgan fingerprint density at radius 1 is 1.00 bits per heavy atom. The van der Waals surface area contributed by atoms with Crippen LogP contribution in [-0.4, -0.2) is 66.0 Å². The van der Waals surface area contributed by atoms with Gasteiger partial charge < -0.3 is 21.1 Å². The lowest BCUT2D eigenvalue weighted by Gasteiger charge is -2.36. The molecule has 0 aliphatic heterocycles. The highest BCUT2D eigenvalue weighted by atomic mass is 19.1. The Balaban J connectivity index is 1.63. The molecule has 8 heteroatoms. The number of primary amides is 1. The highest BCUT2D eigenvalue weighted by Crippen LogP contribution is 2.26. The molecule has 2 amide bonds. The monoisotopic (exact) mass is 498 g/mol. The Labute approximate surface area is 213 Å². The van der Waals surface area contributed by atoms with E-state index in [2.05, 4.69) is 15.1 Å². The second-order valence-corrected chi connectivity index (χ2v) is 9.63. The average Bonchev–Trinajstić information content (AvgIpc) is 2.87. The van der Waals surface area contributed by atoms with Crippen LogP contribution < -0.4 is 11.1 Å². The van der Waals surface area contributed by atoms with E-state index in [0.29, 0.717) is 37.5 Å². The first-order valence-electron chi connectivity index (χ1n) is 13.0. The highest BCUT2D eigenvalue weighted by Gasteiger charge is 2.22. The van der Waals surface area contributed by atoms with Gasteiger partial charge in [0.15, 0.2) is 0 Å². The van der Waals surface area contributed by atoms with Crippen molar-refractivity contribution in [2.75, 3.05) is 38.0 Å². The van der Waals surface area contributed by atoms with E-state index in [1.54, 1.807) is 18.2 Å². The number of hydrogen-bond acceptors (Lipinski definition) is 5. The van der Waals surface area contributed by atoms with E-state index in [4.69, 9.17) is 5.73 Å². The number of phenols is 1. The molecule has 3 rings (SSSR count). The predicted octanol–water partition coefficient (Wildman–Crippen LogP) is 3.70. The summed E-state index contributed by atoms with van der Waals surface area (Å²) in [5.41, 5.74) is 7.84. The van der Waals surface area contributed by atoms with Gasteiger partial charge in [-0.2, -0.15) is 0 Å². The lowest BCUT2D eigenvalue weighted by atomic mass is 9.93. The van der Waals surface area contributed by atoms with Crippen LogP contribution in [0.15, 0.2) is 42.5 Å². The van der Waals surface area contributed by atoms with Crippen molar-refractivity contribution in [2.24, 2.45) is 5.73 Å². The van der Waals surface area contributed by atoms with E-state index in [0.717, 1.165) is 43.7 Å². The molecule has 4 N–H and O–H groups in total. The largest absolute Gasteiger partial charge is 0.506 e. The van der Waals surface area contributed by atoms with E-state index >= 15 is 0 Å². The summed E-state index contributed by atoms with van der Waals surface area (Å²) in [6.45, 7) is 3.84. The molecule has 1 aliphatic rings. The van der Waals surface area contributed by atoms with Gasteiger partial charge in [-0.15, -0.1) is 0 Å². The van der Waals surface area contributed by atoms with Crippen LogP contribution in [0.2, 0.25) is 0 Å². The summed E-state index contributed by atoms with van der Waals surface area (Å²) in [4.78, 5) is 27.1. The van der Waals surface area contributed by atoms with Crippen molar-refractivity contribution in [1.82, 2.24) is 9.80 Å². The van der Waals surface area contributed by atoms with Crippen LogP contribution in [-0.2, 0) is 22.4 Å². The Kier molecular flexibility index (Phi) is 11.2. The molecule has 0 atom stereocenters. The molecule has 0 radical (unpaired) electrons. The summed E-state index contributed by atoms with van der Waals surface area (Å²) in [7, 11) is 0. The normalized spacial score (nSPS) is 14.3. The summed E-state index contributed by atoms with van der Waals surface area (Å²) in [6.07, 6.45) is 8.48. The van der Waals surface area contributed by atoms with Crippen LogP contribution in [0.5, 0.6) is 5.75 Å². The molecule has 1 fully saturated rings. The predicted molar refractivity (Wildman–Crippen MR) is 140 cm³/mol. The summed E-state index contributed by atoms with van der Waals surface area (Å²) in [6, 6.07) is 12.5. The standard InChI is InChI=1S/C28H39FN4O3/c29-24-6-4-5-22(19-24)11-14-32(15-13-28(30)36)17-18-33(25-7-2-1-3-8-25)16-12-23-9-10-27(35)26(20-23)31-21-34/h4-6,9-10,19-21,25,35H,1-3,7-8,11-18H2,(H2,30,36)(H,31,34). The maximum atomic E-state index is 13.6. The number of amides is 2. The lowest BCUT2D eigenvalue weighted by molar-refractivity contribution is -0.118. The number of halogens is 1. The van der Waals surface area contributed by atoms with Crippen LogP contribution >= 0.6 is 0 Å². The topological polar surface area (TPSA) is 98.9 Å². The number of hydrogen-bond donors (Lipinski definition) is 3. The Morgan fingerprint density at radius 2 is 1.75 bits per heavy atom. The minimum atomic E-state index is -0.318. The molecule has 2 aromatic rings. The fourth-order valence-electron chi connectivity index (χ4n) is 4.97. The smallest absolute Gasteiger partial charge is 0.218 e. The minimum absolute atomic E-state index is 0.0541. The molecular formula is C28H39FN4O3. The van der Waals surface area contributed by atoms with E-state index < -0.39 is 0 Å². The zero-order valence-electron chi connectivity index (χ0n) is 21.0. The molecule has 0 heterocycles. The van der Waals surface area contributed by atoms with Crippen LogP contribution in [0.1, 0.15) is 49.7 Å². The fraction of sp³-hybridized carbons (Fsp3) is 0.500. The van der Waals surface area contributed by atoms with Crippen molar-refractivity contribution < 1.29 is 19.1 Å². The van der Waals surface area contributed by atoms with E-state index in [1.165, 1.54) is 38.2 Å². The highest BCUT2D eigenvalue weighted by molar-refractivity contribution is 5.75. The third kappa shape index (κ3) is 9.24. The van der Waals surface area contributed by atoms with Crippen molar-refractivity contribution in [3.8, 4) is 5.75 Å². The number of nitrogens with two attached hydrogens (primary N) is 1. The quantitative estimate of drug-likeness (QED) is 0.257. The Morgan fingerprint density at radius 3 is 2.47 bits per heavy atom. The fourth-order valence-corrected chi connectivity index (χ4v) is 4.97. The molecule has 0 aromatic heterocycles. The van der Waals surface area contributed by atoms with Gasteiger partial charge in [0, 0.05) is 45.2 Å². The van der Waals surface area contributed by atoms with Crippen molar-refractivity contribution >= 4 is 18.0 Å². The first kappa shape index (κ1) is 27.6. The maximum Gasteiger partial charge on any atom is 0.218 e. The van der Waals surface area contributed by atoms with E-state index in [1.807, 2.05) is 18.2 Å². The minimum Gasteiger partial charge on any atom is -0.506 e. The van der Waals surface area contributed by atoms with Gasteiger partial charge in [-0.25, -0.2) is 4.39 Å². The van der Waals surface area contributed by atoms with Gasteiger partial charge in [0.05, 0.1) is 5.69 Å². The molecule has 196 valence electrons. The lowest BCUT2D eigenvalue weighted by Crippen LogP contribution is -2.44. The second kappa shape index (κ2) is 14.6. The third-order valence-corrected chi connectivity index (χ3v) is 7.04. The average molecular weight is 499 g/mol. The second-order valence-electron chi connectivity index (χ2n) is 9.63. The van der Waals surface area contributed by atoms with Gasteiger partial charge in [-0.05, 0) is 61.1 Å². The molecule has 1 saturated carbocycles. The number of benzene rings is 2. The van der Waals surface area contributed by atoms with E-state index in [-0.39, 0.29) is 17.5 Å². The van der Waals surface area contributed by atoms with Gasteiger partial charge >= 0.3 is 0 Å². The van der Waals surface area contributed by atoms with Crippen LogP contribution in [0.25, 0.3) is 0 Å². The van der Waals surface area contributed by atoms with Crippen molar-refractivity contribution in [3.05, 3.63) is 59.4 Å². The molecule has 1 aliphatic carbocycles. The molecule has 0 unspecified atom stereocenters. The zero-order chi connectivity index (χ0) is 25.8. The van der Waals surface area contributed by atoms with Gasteiger partial charge in [-0.1, -0.05) is 37.5 Å². The first-order chi connectivity index (χ1) is 17.4. The number of aromatic hydroxyl groups is 1.